The van der Waals surface area contributed by atoms with Crippen LogP contribution in [-0.2, 0) is 14.8 Å². The molecule has 0 aromatic heterocycles. The van der Waals surface area contributed by atoms with Gasteiger partial charge in [-0.15, -0.1) is 0 Å². The minimum absolute atomic E-state index is 0.114. The minimum Gasteiger partial charge on any atom is -0.481 e. The van der Waals surface area contributed by atoms with Crippen LogP contribution in [0.5, 0.6) is 5.75 Å². The average Bonchev–Trinajstić information content (AvgIpc) is 2.70. The molecule has 0 heterocycles. The van der Waals surface area contributed by atoms with Crippen LogP contribution < -0.4 is 15.4 Å². The Balaban J connectivity index is 1.82. The molecule has 158 valence electrons. The quantitative estimate of drug-likeness (QED) is 0.652. The number of anilines is 1. The highest BCUT2D eigenvalue weighted by molar-refractivity contribution is 7.89. The molecule has 0 saturated heterocycles. The van der Waals surface area contributed by atoms with Crippen LogP contribution in [0, 0.1) is 11.8 Å². The second kappa shape index (κ2) is 10.4. The summed E-state index contributed by atoms with van der Waals surface area (Å²) in [4.78, 5) is 23.3. The zero-order valence-electron chi connectivity index (χ0n) is 16.9. The Kier molecular flexibility index (Phi) is 7.98. The van der Waals surface area contributed by atoms with Gasteiger partial charge >= 0.3 is 0 Å². The Morgan fingerprint density at radius 1 is 1.07 bits per heavy atom. The number of benzene rings is 2. The van der Waals surface area contributed by atoms with E-state index >= 15 is 0 Å². The summed E-state index contributed by atoms with van der Waals surface area (Å²) in [7, 11) is -0.648. The zero-order valence-corrected chi connectivity index (χ0v) is 17.7. The van der Waals surface area contributed by atoms with Crippen molar-refractivity contribution in [3.63, 3.8) is 0 Å². The Hall–Kier alpha value is -3.35. The lowest BCUT2D eigenvalue weighted by Crippen LogP contribution is -2.24. The van der Waals surface area contributed by atoms with E-state index in [1.165, 1.54) is 45.3 Å². The summed E-state index contributed by atoms with van der Waals surface area (Å²) in [6.45, 7) is 1.66. The van der Waals surface area contributed by atoms with Crippen molar-refractivity contribution in [1.29, 1.82) is 0 Å². The van der Waals surface area contributed by atoms with E-state index in [1.54, 1.807) is 24.3 Å². The highest BCUT2D eigenvalue weighted by Crippen LogP contribution is 2.17. The lowest BCUT2D eigenvalue weighted by molar-refractivity contribution is -0.114. The first kappa shape index (κ1) is 22.9. The molecule has 9 heteroatoms. The number of hydrogen-bond donors (Lipinski definition) is 2. The number of nitrogens with one attached hydrogen (secondary N) is 2. The van der Waals surface area contributed by atoms with Crippen molar-refractivity contribution in [3.8, 4) is 17.6 Å². The molecule has 0 spiro atoms. The first-order valence-electron chi connectivity index (χ1n) is 8.97. The molecule has 0 bridgehead atoms. The highest BCUT2D eigenvalue weighted by atomic mass is 32.2. The maximum absolute atomic E-state index is 12.1. The molecule has 2 aromatic rings. The first-order valence-corrected chi connectivity index (χ1v) is 10.4. The van der Waals surface area contributed by atoms with Gasteiger partial charge in [-0.3, -0.25) is 9.59 Å². The molecule has 0 fully saturated rings. The average molecular weight is 429 g/mol. The summed E-state index contributed by atoms with van der Waals surface area (Å²) >= 11 is 0. The molecule has 0 unspecified atom stereocenters. The number of nitrogens with zero attached hydrogens (tertiary/aromatic N) is 1. The fourth-order valence-corrected chi connectivity index (χ4v) is 3.22. The molecule has 0 aliphatic heterocycles. The molecule has 0 saturated carbocycles. The fourth-order valence-electron chi connectivity index (χ4n) is 2.32. The van der Waals surface area contributed by atoms with Crippen LogP contribution in [0.15, 0.2) is 53.4 Å². The molecule has 2 rings (SSSR count). The molecular formula is C21H23N3O5S. The maximum atomic E-state index is 12.1. The van der Waals surface area contributed by atoms with E-state index < -0.39 is 10.0 Å². The molecule has 2 aromatic carbocycles. The van der Waals surface area contributed by atoms with E-state index in [9.17, 15) is 18.0 Å². The van der Waals surface area contributed by atoms with E-state index in [0.717, 1.165) is 4.31 Å². The molecule has 2 N–H and O–H groups in total. The van der Waals surface area contributed by atoms with Crippen molar-refractivity contribution >= 4 is 27.5 Å². The van der Waals surface area contributed by atoms with Crippen molar-refractivity contribution in [2.45, 2.75) is 11.8 Å². The van der Waals surface area contributed by atoms with E-state index in [2.05, 4.69) is 22.5 Å². The molecule has 8 nitrogen and oxygen atoms in total. The van der Waals surface area contributed by atoms with Gasteiger partial charge in [0.25, 0.3) is 5.91 Å². The molecule has 0 aliphatic rings. The lowest BCUT2D eigenvalue weighted by Gasteiger charge is -2.11. The number of carbonyl (C=O) groups excluding carboxylic acids is 2. The monoisotopic (exact) mass is 429 g/mol. The minimum atomic E-state index is -3.53. The van der Waals surface area contributed by atoms with Gasteiger partial charge in [-0.25, -0.2) is 12.7 Å². The third-order valence-corrected chi connectivity index (χ3v) is 5.65. The number of carbonyl (C=O) groups is 2. The van der Waals surface area contributed by atoms with E-state index in [0.29, 0.717) is 17.0 Å². The smallest absolute Gasteiger partial charge is 0.252 e. The van der Waals surface area contributed by atoms with Crippen molar-refractivity contribution < 1.29 is 22.7 Å². The zero-order chi connectivity index (χ0) is 22.1. The van der Waals surface area contributed by atoms with Gasteiger partial charge in [0.2, 0.25) is 15.9 Å². The summed E-state index contributed by atoms with van der Waals surface area (Å²) in [6.07, 6.45) is 0. The van der Waals surface area contributed by atoms with E-state index in [1.807, 2.05) is 0 Å². The van der Waals surface area contributed by atoms with Crippen LogP contribution in [0.25, 0.3) is 0 Å². The third-order valence-electron chi connectivity index (χ3n) is 3.82. The second-order valence-corrected chi connectivity index (χ2v) is 8.50. The predicted molar refractivity (Wildman–Crippen MR) is 114 cm³/mol. The van der Waals surface area contributed by atoms with Gasteiger partial charge in [-0.1, -0.05) is 17.9 Å². The van der Waals surface area contributed by atoms with Gasteiger partial charge in [0, 0.05) is 38.3 Å². The SMILES string of the molecule is CC(=O)Nc1cccc(OCC#CCNC(=O)c2ccc(S(=O)(=O)N(C)C)cc2)c1. The normalized spacial score (nSPS) is 10.7. The molecule has 30 heavy (non-hydrogen) atoms. The summed E-state index contributed by atoms with van der Waals surface area (Å²) < 4.78 is 30.7. The number of sulfonamides is 1. The number of hydrogen-bond acceptors (Lipinski definition) is 5. The maximum Gasteiger partial charge on any atom is 0.252 e. The van der Waals surface area contributed by atoms with Gasteiger partial charge in [-0.05, 0) is 36.4 Å². The van der Waals surface area contributed by atoms with Crippen LogP contribution in [0.2, 0.25) is 0 Å². The Bertz CT molecular complexity index is 1070. The summed E-state index contributed by atoms with van der Waals surface area (Å²) in [5, 5.41) is 5.30. The molecule has 2 amide bonds. The Labute approximate surface area is 176 Å². The van der Waals surface area contributed by atoms with Gasteiger partial charge in [0.15, 0.2) is 0 Å². The number of rotatable bonds is 7. The van der Waals surface area contributed by atoms with Gasteiger partial charge in [0.05, 0.1) is 11.4 Å². The van der Waals surface area contributed by atoms with Crippen molar-refractivity contribution in [2.24, 2.45) is 0 Å². The second-order valence-electron chi connectivity index (χ2n) is 6.35. The summed E-state index contributed by atoms with van der Waals surface area (Å²) in [5.41, 5.74) is 0.963. The highest BCUT2D eigenvalue weighted by Gasteiger charge is 2.17. The van der Waals surface area contributed by atoms with Crippen LogP contribution in [-0.4, -0.2) is 51.8 Å². The first-order chi connectivity index (χ1) is 14.2. The third kappa shape index (κ3) is 6.62. The van der Waals surface area contributed by atoms with Gasteiger partial charge in [-0.2, -0.15) is 0 Å². The summed E-state index contributed by atoms with van der Waals surface area (Å²) in [6, 6.07) is 12.6. The van der Waals surface area contributed by atoms with E-state index in [-0.39, 0.29) is 29.9 Å². The topological polar surface area (TPSA) is 105 Å². The van der Waals surface area contributed by atoms with Crippen LogP contribution in [0.3, 0.4) is 0 Å². The lowest BCUT2D eigenvalue weighted by atomic mass is 10.2. The number of amides is 2. The molecule has 0 radical (unpaired) electrons. The summed E-state index contributed by atoms with van der Waals surface area (Å²) in [5.74, 6) is 5.59. The van der Waals surface area contributed by atoms with Crippen LogP contribution in [0.1, 0.15) is 17.3 Å². The molecule has 0 atom stereocenters. The van der Waals surface area contributed by atoms with Gasteiger partial charge < -0.3 is 15.4 Å². The van der Waals surface area contributed by atoms with E-state index in [4.69, 9.17) is 4.74 Å². The fraction of sp³-hybridized carbons (Fsp3) is 0.238. The number of ether oxygens (including phenoxy) is 1. The standard InChI is InChI=1S/C21H23N3O5S/c1-16(25)23-18-7-6-8-19(15-18)29-14-5-4-13-22-21(26)17-9-11-20(12-10-17)30(27,28)24(2)3/h6-12,15H,13-14H2,1-3H3,(H,22,26)(H,23,25). The van der Waals surface area contributed by atoms with Gasteiger partial charge in [0.1, 0.15) is 12.4 Å². The van der Waals surface area contributed by atoms with Crippen LogP contribution >= 0.6 is 0 Å². The molecule has 0 aliphatic carbocycles. The molecular weight excluding hydrogens is 406 g/mol. The Morgan fingerprint density at radius 3 is 2.40 bits per heavy atom. The van der Waals surface area contributed by atoms with Crippen LogP contribution in [0.4, 0.5) is 5.69 Å². The predicted octanol–water partition coefficient (Wildman–Crippen LogP) is 1.71. The van der Waals surface area contributed by atoms with Crippen molar-refractivity contribution in [3.05, 3.63) is 54.1 Å². The van der Waals surface area contributed by atoms with Crippen molar-refractivity contribution in [2.75, 3.05) is 32.6 Å². The Morgan fingerprint density at radius 2 is 1.77 bits per heavy atom. The van der Waals surface area contributed by atoms with Crippen molar-refractivity contribution in [1.82, 2.24) is 9.62 Å². The largest absolute Gasteiger partial charge is 0.481 e.